The smallest absolute Gasteiger partial charge is 0.323 e. The molecule has 1 rings (SSSR count). The lowest BCUT2D eigenvalue weighted by atomic mass is 10.0. The van der Waals surface area contributed by atoms with Gasteiger partial charge < -0.3 is 10.1 Å². The predicted molar refractivity (Wildman–Crippen MR) is 69.1 cm³/mol. The molecule has 0 radical (unpaired) electrons. The summed E-state index contributed by atoms with van der Waals surface area (Å²) in [6.07, 6.45) is 2.81. The molecule has 0 aromatic heterocycles. The number of hydrogen-bond donors (Lipinski definition) is 1. The average molecular weight is 256 g/mol. The molecule has 1 atom stereocenters. The molecular formula is C13H24N2O3. The van der Waals surface area contributed by atoms with Crippen LogP contribution in [0.4, 0.5) is 0 Å². The molecular weight excluding hydrogens is 232 g/mol. The fraction of sp³-hybridized carbons (Fsp3) is 0.846. The standard InChI is InChI=1S/C13H24N2O3/c1-13(2,3)14-11(16)9-15-8-6-5-7-10(15)12(17)18-4/h10H,5-9H2,1-4H3,(H,14,16)/t10-/m1/s1. The molecule has 1 aliphatic heterocycles. The number of ether oxygens (including phenoxy) is 1. The van der Waals surface area contributed by atoms with Crippen molar-refractivity contribution < 1.29 is 14.3 Å². The van der Waals surface area contributed by atoms with E-state index in [1.54, 1.807) is 0 Å². The molecule has 5 nitrogen and oxygen atoms in total. The zero-order chi connectivity index (χ0) is 13.8. The van der Waals surface area contributed by atoms with Gasteiger partial charge in [0.05, 0.1) is 13.7 Å². The van der Waals surface area contributed by atoms with Crippen LogP contribution in [0.5, 0.6) is 0 Å². The fourth-order valence-corrected chi connectivity index (χ4v) is 2.23. The number of nitrogens with one attached hydrogen (secondary N) is 1. The molecule has 0 aromatic carbocycles. The Kier molecular flexibility index (Phi) is 5.14. The molecule has 0 bridgehead atoms. The van der Waals surface area contributed by atoms with Crippen molar-refractivity contribution in [3.63, 3.8) is 0 Å². The topological polar surface area (TPSA) is 58.6 Å². The first kappa shape index (κ1) is 15.0. The van der Waals surface area contributed by atoms with Crippen LogP contribution in [0.15, 0.2) is 0 Å². The van der Waals surface area contributed by atoms with Crippen LogP contribution in [-0.2, 0) is 14.3 Å². The van der Waals surface area contributed by atoms with Crippen LogP contribution in [-0.4, -0.2) is 48.6 Å². The predicted octanol–water partition coefficient (Wildman–Crippen LogP) is 0.929. The van der Waals surface area contributed by atoms with E-state index >= 15 is 0 Å². The highest BCUT2D eigenvalue weighted by atomic mass is 16.5. The molecule has 1 N–H and O–H groups in total. The Bertz CT molecular complexity index is 310. The first-order valence-corrected chi connectivity index (χ1v) is 6.46. The number of carbonyl (C=O) groups excluding carboxylic acids is 2. The second kappa shape index (κ2) is 6.18. The molecule has 104 valence electrons. The Morgan fingerprint density at radius 1 is 1.33 bits per heavy atom. The first-order chi connectivity index (χ1) is 8.33. The summed E-state index contributed by atoms with van der Waals surface area (Å²) in [5.74, 6) is -0.281. The summed E-state index contributed by atoms with van der Waals surface area (Å²) in [7, 11) is 1.39. The largest absolute Gasteiger partial charge is 0.468 e. The van der Waals surface area contributed by atoms with Crippen molar-refractivity contribution in [3.8, 4) is 0 Å². The maximum Gasteiger partial charge on any atom is 0.323 e. The summed E-state index contributed by atoms with van der Waals surface area (Å²) in [4.78, 5) is 25.4. The number of nitrogens with zero attached hydrogens (tertiary/aromatic N) is 1. The minimum Gasteiger partial charge on any atom is -0.468 e. The van der Waals surface area contributed by atoms with Gasteiger partial charge in [-0.15, -0.1) is 0 Å². The van der Waals surface area contributed by atoms with Crippen LogP contribution in [0, 0.1) is 0 Å². The van der Waals surface area contributed by atoms with Gasteiger partial charge >= 0.3 is 5.97 Å². The number of hydrogen-bond acceptors (Lipinski definition) is 4. The maximum absolute atomic E-state index is 11.9. The summed E-state index contributed by atoms with van der Waals surface area (Å²) in [6.45, 7) is 6.87. The highest BCUT2D eigenvalue weighted by molar-refractivity contribution is 5.81. The maximum atomic E-state index is 11.9. The molecule has 0 spiro atoms. The van der Waals surface area contributed by atoms with E-state index in [0.717, 1.165) is 25.8 Å². The molecule has 5 heteroatoms. The Hall–Kier alpha value is -1.10. The van der Waals surface area contributed by atoms with Gasteiger partial charge in [-0.25, -0.2) is 0 Å². The molecule has 1 aliphatic rings. The van der Waals surface area contributed by atoms with Crippen molar-refractivity contribution in [1.82, 2.24) is 10.2 Å². The Labute approximate surface area is 109 Å². The van der Waals surface area contributed by atoms with Crippen molar-refractivity contribution in [3.05, 3.63) is 0 Å². The summed E-state index contributed by atoms with van der Waals surface area (Å²) < 4.78 is 4.79. The molecule has 18 heavy (non-hydrogen) atoms. The molecule has 1 saturated heterocycles. The van der Waals surface area contributed by atoms with Crippen LogP contribution < -0.4 is 5.32 Å². The third kappa shape index (κ3) is 4.64. The van der Waals surface area contributed by atoms with Gasteiger partial charge in [-0.05, 0) is 40.2 Å². The SMILES string of the molecule is COC(=O)[C@H]1CCCCN1CC(=O)NC(C)(C)C. The van der Waals surface area contributed by atoms with Crippen molar-refractivity contribution in [1.29, 1.82) is 0 Å². The summed E-state index contributed by atoms with van der Waals surface area (Å²) in [5, 5.41) is 2.91. The van der Waals surface area contributed by atoms with Gasteiger partial charge in [-0.3, -0.25) is 14.5 Å². The Balaban J connectivity index is 2.57. The molecule has 1 amide bonds. The van der Waals surface area contributed by atoms with E-state index in [4.69, 9.17) is 4.74 Å². The second-order valence-corrected chi connectivity index (χ2v) is 5.80. The third-order valence-electron chi connectivity index (χ3n) is 2.95. The summed E-state index contributed by atoms with van der Waals surface area (Å²) in [5.41, 5.74) is -0.242. The summed E-state index contributed by atoms with van der Waals surface area (Å²) >= 11 is 0. The van der Waals surface area contributed by atoms with E-state index in [9.17, 15) is 9.59 Å². The molecule has 0 unspecified atom stereocenters. The first-order valence-electron chi connectivity index (χ1n) is 6.46. The zero-order valence-electron chi connectivity index (χ0n) is 11.8. The number of methoxy groups -OCH3 is 1. The number of rotatable bonds is 3. The monoisotopic (exact) mass is 256 g/mol. The van der Waals surface area contributed by atoms with E-state index < -0.39 is 0 Å². The Morgan fingerprint density at radius 3 is 2.56 bits per heavy atom. The number of amides is 1. The van der Waals surface area contributed by atoms with E-state index in [2.05, 4.69) is 5.32 Å². The van der Waals surface area contributed by atoms with E-state index in [0.29, 0.717) is 0 Å². The van der Waals surface area contributed by atoms with Gasteiger partial charge in [-0.2, -0.15) is 0 Å². The lowest BCUT2D eigenvalue weighted by molar-refractivity contribution is -0.148. The number of likely N-dealkylation sites (tertiary alicyclic amines) is 1. The van der Waals surface area contributed by atoms with Crippen LogP contribution in [0.2, 0.25) is 0 Å². The molecule has 1 fully saturated rings. The van der Waals surface area contributed by atoms with Crippen LogP contribution in [0.3, 0.4) is 0 Å². The van der Waals surface area contributed by atoms with Crippen LogP contribution >= 0.6 is 0 Å². The summed E-state index contributed by atoms with van der Waals surface area (Å²) in [6, 6.07) is -0.269. The van der Waals surface area contributed by atoms with Crippen molar-refractivity contribution in [2.75, 3.05) is 20.2 Å². The lowest BCUT2D eigenvalue weighted by Crippen LogP contribution is -2.52. The van der Waals surface area contributed by atoms with E-state index in [1.165, 1.54) is 7.11 Å². The molecule has 0 aromatic rings. The van der Waals surface area contributed by atoms with E-state index in [1.807, 2.05) is 25.7 Å². The van der Waals surface area contributed by atoms with Crippen LogP contribution in [0.1, 0.15) is 40.0 Å². The molecule has 0 aliphatic carbocycles. The number of piperidine rings is 1. The minimum atomic E-state index is -0.269. The lowest BCUT2D eigenvalue weighted by Gasteiger charge is -2.33. The van der Waals surface area contributed by atoms with E-state index in [-0.39, 0.29) is 30.0 Å². The highest BCUT2D eigenvalue weighted by Crippen LogP contribution is 2.17. The normalized spacial score (nSPS) is 21.4. The third-order valence-corrected chi connectivity index (χ3v) is 2.95. The highest BCUT2D eigenvalue weighted by Gasteiger charge is 2.31. The van der Waals surface area contributed by atoms with Gasteiger partial charge in [0.2, 0.25) is 5.91 Å². The van der Waals surface area contributed by atoms with Crippen molar-refractivity contribution >= 4 is 11.9 Å². The zero-order valence-corrected chi connectivity index (χ0v) is 11.8. The number of carbonyl (C=O) groups is 2. The van der Waals surface area contributed by atoms with Crippen molar-refractivity contribution in [2.24, 2.45) is 0 Å². The average Bonchev–Trinajstić information content (AvgIpc) is 2.26. The second-order valence-electron chi connectivity index (χ2n) is 5.80. The minimum absolute atomic E-state index is 0.0432. The fourth-order valence-electron chi connectivity index (χ4n) is 2.23. The quantitative estimate of drug-likeness (QED) is 0.763. The van der Waals surface area contributed by atoms with Gasteiger partial charge in [-0.1, -0.05) is 6.42 Å². The van der Waals surface area contributed by atoms with Crippen molar-refractivity contribution in [2.45, 2.75) is 51.6 Å². The van der Waals surface area contributed by atoms with Gasteiger partial charge in [0.1, 0.15) is 6.04 Å². The molecule has 1 heterocycles. The van der Waals surface area contributed by atoms with Gasteiger partial charge in [0, 0.05) is 5.54 Å². The van der Waals surface area contributed by atoms with Crippen LogP contribution in [0.25, 0.3) is 0 Å². The van der Waals surface area contributed by atoms with Gasteiger partial charge in [0.25, 0.3) is 0 Å². The number of esters is 1. The van der Waals surface area contributed by atoms with Gasteiger partial charge in [0.15, 0.2) is 0 Å². The molecule has 0 saturated carbocycles. The Morgan fingerprint density at radius 2 is 2.00 bits per heavy atom.